The van der Waals surface area contributed by atoms with Crippen LogP contribution >= 0.6 is 0 Å². The van der Waals surface area contributed by atoms with Gasteiger partial charge in [0, 0.05) is 19.5 Å². The van der Waals surface area contributed by atoms with Gasteiger partial charge in [-0.15, -0.1) is 0 Å². The number of carbonyl (C=O) groups is 1. The lowest BCUT2D eigenvalue weighted by atomic mass is 9.79. The highest BCUT2D eigenvalue weighted by Crippen LogP contribution is 2.49. The molecular formula is C15H26N2O. The van der Waals surface area contributed by atoms with E-state index in [0.717, 1.165) is 31.3 Å². The summed E-state index contributed by atoms with van der Waals surface area (Å²) in [5.74, 6) is 3.29. The first kappa shape index (κ1) is 12.5. The second kappa shape index (κ2) is 4.22. The number of nitrogens with two attached hydrogens (primary N) is 1. The smallest absolute Gasteiger partial charge is 0.222 e. The van der Waals surface area contributed by atoms with Crippen LogP contribution in [0.3, 0.4) is 0 Å². The zero-order valence-corrected chi connectivity index (χ0v) is 11.7. The Bertz CT molecular complexity index is 346. The van der Waals surface area contributed by atoms with Gasteiger partial charge in [0.1, 0.15) is 0 Å². The van der Waals surface area contributed by atoms with Crippen molar-refractivity contribution in [3.05, 3.63) is 0 Å². The van der Waals surface area contributed by atoms with Crippen molar-refractivity contribution in [1.29, 1.82) is 0 Å². The predicted octanol–water partition coefficient (Wildman–Crippen LogP) is 2.01. The van der Waals surface area contributed by atoms with Gasteiger partial charge in [0.15, 0.2) is 0 Å². The number of likely N-dealkylation sites (tertiary alicyclic amines) is 1. The molecule has 3 heteroatoms. The normalized spacial score (nSPS) is 37.1. The van der Waals surface area contributed by atoms with E-state index in [0.29, 0.717) is 17.7 Å². The summed E-state index contributed by atoms with van der Waals surface area (Å²) in [6.07, 6.45) is 6.27. The summed E-state index contributed by atoms with van der Waals surface area (Å²) in [4.78, 5) is 14.2. The summed E-state index contributed by atoms with van der Waals surface area (Å²) in [6.45, 7) is 5.84. The molecule has 0 spiro atoms. The van der Waals surface area contributed by atoms with E-state index in [1.54, 1.807) is 0 Å². The molecule has 0 aromatic carbocycles. The molecule has 3 rings (SSSR count). The van der Waals surface area contributed by atoms with Crippen LogP contribution in [0.2, 0.25) is 0 Å². The van der Waals surface area contributed by atoms with E-state index in [2.05, 4.69) is 13.8 Å². The van der Waals surface area contributed by atoms with Gasteiger partial charge in [0.05, 0.1) is 5.54 Å². The van der Waals surface area contributed by atoms with Crippen LogP contribution in [0.25, 0.3) is 0 Å². The average Bonchev–Trinajstić information content (AvgIpc) is 2.85. The zero-order valence-electron chi connectivity index (χ0n) is 11.7. The van der Waals surface area contributed by atoms with Crippen molar-refractivity contribution in [1.82, 2.24) is 4.90 Å². The third-order valence-corrected chi connectivity index (χ3v) is 5.79. The van der Waals surface area contributed by atoms with E-state index in [-0.39, 0.29) is 5.54 Å². The Morgan fingerprint density at radius 1 is 1.33 bits per heavy atom. The molecule has 2 aliphatic carbocycles. The Morgan fingerprint density at radius 3 is 2.56 bits per heavy atom. The van der Waals surface area contributed by atoms with Crippen LogP contribution < -0.4 is 5.73 Å². The van der Waals surface area contributed by atoms with Crippen LogP contribution in [-0.4, -0.2) is 29.4 Å². The highest BCUT2D eigenvalue weighted by atomic mass is 16.2. The summed E-state index contributed by atoms with van der Waals surface area (Å²) >= 11 is 0. The van der Waals surface area contributed by atoms with Crippen molar-refractivity contribution in [2.75, 3.05) is 13.1 Å². The van der Waals surface area contributed by atoms with Gasteiger partial charge in [-0.25, -0.2) is 0 Å². The van der Waals surface area contributed by atoms with Crippen LogP contribution in [0, 0.1) is 23.7 Å². The molecule has 0 radical (unpaired) electrons. The first-order valence-corrected chi connectivity index (χ1v) is 7.54. The maximum atomic E-state index is 12.2. The molecule has 18 heavy (non-hydrogen) atoms. The second-order valence-electron chi connectivity index (χ2n) is 7.28. The molecular weight excluding hydrogens is 224 g/mol. The summed E-state index contributed by atoms with van der Waals surface area (Å²) < 4.78 is 0. The van der Waals surface area contributed by atoms with Crippen molar-refractivity contribution in [2.24, 2.45) is 29.4 Å². The quantitative estimate of drug-likeness (QED) is 0.833. The molecule has 2 N–H and O–H groups in total. The van der Waals surface area contributed by atoms with Crippen LogP contribution in [0.5, 0.6) is 0 Å². The largest absolute Gasteiger partial charge is 0.339 e. The summed E-state index contributed by atoms with van der Waals surface area (Å²) in [5.41, 5.74) is 6.13. The molecule has 102 valence electrons. The van der Waals surface area contributed by atoms with E-state index in [1.807, 2.05) is 4.90 Å². The van der Waals surface area contributed by atoms with Gasteiger partial charge in [0.25, 0.3) is 0 Å². The molecule has 3 unspecified atom stereocenters. The molecule has 3 nitrogen and oxygen atoms in total. The van der Waals surface area contributed by atoms with Gasteiger partial charge in [-0.05, 0) is 42.9 Å². The third kappa shape index (κ3) is 1.97. The van der Waals surface area contributed by atoms with Crippen LogP contribution in [-0.2, 0) is 4.79 Å². The maximum Gasteiger partial charge on any atom is 0.222 e. The number of amides is 1. The number of fused-ring (bicyclic) bond motifs is 2. The van der Waals surface area contributed by atoms with Crippen molar-refractivity contribution < 1.29 is 4.79 Å². The van der Waals surface area contributed by atoms with E-state index in [9.17, 15) is 4.79 Å². The van der Waals surface area contributed by atoms with Crippen molar-refractivity contribution >= 4 is 5.91 Å². The Labute approximate surface area is 110 Å². The SMILES string of the molecule is CC(C)C1(N)CN(C(=O)CC2CC3CCC2C3)C1. The third-order valence-electron chi connectivity index (χ3n) is 5.79. The van der Waals surface area contributed by atoms with E-state index in [4.69, 9.17) is 5.73 Å². The fourth-order valence-corrected chi connectivity index (χ4v) is 4.19. The predicted molar refractivity (Wildman–Crippen MR) is 71.9 cm³/mol. The van der Waals surface area contributed by atoms with E-state index < -0.39 is 0 Å². The van der Waals surface area contributed by atoms with Gasteiger partial charge in [-0.1, -0.05) is 20.3 Å². The Hall–Kier alpha value is -0.570. The lowest BCUT2D eigenvalue weighted by Crippen LogP contribution is -2.71. The molecule has 0 aromatic rings. The minimum Gasteiger partial charge on any atom is -0.339 e. The first-order valence-electron chi connectivity index (χ1n) is 7.54. The lowest BCUT2D eigenvalue weighted by Gasteiger charge is -2.50. The molecule has 2 bridgehead atoms. The van der Waals surface area contributed by atoms with Crippen LogP contribution in [0.1, 0.15) is 46.0 Å². The molecule has 1 aliphatic heterocycles. The minimum absolute atomic E-state index is 0.121. The lowest BCUT2D eigenvalue weighted by molar-refractivity contribution is -0.141. The Morgan fingerprint density at radius 2 is 2.06 bits per heavy atom. The topological polar surface area (TPSA) is 46.3 Å². The number of carbonyl (C=O) groups excluding carboxylic acids is 1. The molecule has 0 aromatic heterocycles. The van der Waals surface area contributed by atoms with Gasteiger partial charge < -0.3 is 10.6 Å². The zero-order chi connectivity index (χ0) is 12.9. The fraction of sp³-hybridized carbons (Fsp3) is 0.933. The number of rotatable bonds is 3. The van der Waals surface area contributed by atoms with Gasteiger partial charge in [0.2, 0.25) is 5.91 Å². The monoisotopic (exact) mass is 250 g/mol. The molecule has 1 heterocycles. The van der Waals surface area contributed by atoms with Crippen molar-refractivity contribution in [3.63, 3.8) is 0 Å². The molecule has 1 amide bonds. The van der Waals surface area contributed by atoms with E-state index in [1.165, 1.54) is 25.7 Å². The molecule has 3 atom stereocenters. The summed E-state index contributed by atoms with van der Waals surface area (Å²) in [7, 11) is 0. The highest BCUT2D eigenvalue weighted by molar-refractivity contribution is 5.78. The average molecular weight is 250 g/mol. The number of hydrogen-bond acceptors (Lipinski definition) is 2. The standard InChI is InChI=1S/C15H26N2O/c1-10(2)15(16)8-17(9-15)14(18)7-13-6-11-3-4-12(13)5-11/h10-13H,3-9,16H2,1-2H3. The Balaban J connectivity index is 1.49. The minimum atomic E-state index is -0.121. The highest BCUT2D eigenvalue weighted by Gasteiger charge is 2.46. The summed E-state index contributed by atoms with van der Waals surface area (Å²) in [6, 6.07) is 0. The fourth-order valence-electron chi connectivity index (χ4n) is 4.19. The second-order valence-corrected chi connectivity index (χ2v) is 7.28. The van der Waals surface area contributed by atoms with Gasteiger partial charge >= 0.3 is 0 Å². The van der Waals surface area contributed by atoms with Gasteiger partial charge in [-0.3, -0.25) is 4.79 Å². The maximum absolute atomic E-state index is 12.2. The van der Waals surface area contributed by atoms with E-state index >= 15 is 0 Å². The van der Waals surface area contributed by atoms with Crippen molar-refractivity contribution in [2.45, 2.75) is 51.5 Å². The molecule has 2 saturated carbocycles. The molecule has 3 aliphatic rings. The van der Waals surface area contributed by atoms with Crippen LogP contribution in [0.15, 0.2) is 0 Å². The van der Waals surface area contributed by atoms with Gasteiger partial charge in [-0.2, -0.15) is 0 Å². The van der Waals surface area contributed by atoms with Crippen LogP contribution in [0.4, 0.5) is 0 Å². The Kier molecular flexibility index (Phi) is 2.92. The molecule has 1 saturated heterocycles. The first-order chi connectivity index (χ1) is 8.48. The number of nitrogens with zero attached hydrogens (tertiary/aromatic N) is 1. The number of hydrogen-bond donors (Lipinski definition) is 1. The molecule has 3 fully saturated rings. The van der Waals surface area contributed by atoms with Crippen molar-refractivity contribution in [3.8, 4) is 0 Å². The summed E-state index contributed by atoms with van der Waals surface area (Å²) in [5, 5.41) is 0.